The first-order valence-electron chi connectivity index (χ1n) is 6.13. The fourth-order valence-corrected chi connectivity index (χ4v) is 1.79. The number of nitrogens with one attached hydrogen (secondary N) is 1. The van der Waals surface area contributed by atoms with Crippen molar-refractivity contribution in [1.82, 2.24) is 4.98 Å². The molecular formula is C15H18N2. The summed E-state index contributed by atoms with van der Waals surface area (Å²) in [5, 5.41) is 3.23. The molecule has 2 heteroatoms. The summed E-state index contributed by atoms with van der Waals surface area (Å²) in [7, 11) is 0. The SMILES string of the molecule is CCNc1cccc(-c2ccc(CC)cc2)n1. The first-order chi connectivity index (χ1) is 8.33. The smallest absolute Gasteiger partial charge is 0.126 e. The number of aromatic nitrogens is 1. The van der Waals surface area contributed by atoms with Gasteiger partial charge in [0.1, 0.15) is 5.82 Å². The van der Waals surface area contributed by atoms with Gasteiger partial charge in [-0.05, 0) is 31.0 Å². The molecule has 2 aromatic rings. The maximum Gasteiger partial charge on any atom is 0.126 e. The van der Waals surface area contributed by atoms with Crippen molar-refractivity contribution in [2.75, 3.05) is 11.9 Å². The van der Waals surface area contributed by atoms with Gasteiger partial charge in [0.25, 0.3) is 0 Å². The van der Waals surface area contributed by atoms with Crippen molar-refractivity contribution < 1.29 is 0 Å². The van der Waals surface area contributed by atoms with Gasteiger partial charge in [-0.3, -0.25) is 0 Å². The van der Waals surface area contributed by atoms with Crippen LogP contribution in [0.15, 0.2) is 42.5 Å². The molecule has 0 radical (unpaired) electrons. The number of hydrogen-bond acceptors (Lipinski definition) is 2. The molecule has 88 valence electrons. The molecule has 17 heavy (non-hydrogen) atoms. The van der Waals surface area contributed by atoms with Crippen molar-refractivity contribution in [3.63, 3.8) is 0 Å². The molecule has 0 aliphatic rings. The number of rotatable bonds is 4. The monoisotopic (exact) mass is 226 g/mol. The zero-order valence-corrected chi connectivity index (χ0v) is 10.4. The van der Waals surface area contributed by atoms with E-state index in [2.05, 4.69) is 48.4 Å². The van der Waals surface area contributed by atoms with Gasteiger partial charge < -0.3 is 5.32 Å². The summed E-state index contributed by atoms with van der Waals surface area (Å²) < 4.78 is 0. The van der Waals surface area contributed by atoms with E-state index in [0.717, 1.165) is 24.5 Å². The molecule has 0 saturated carbocycles. The first-order valence-corrected chi connectivity index (χ1v) is 6.13. The van der Waals surface area contributed by atoms with E-state index in [1.54, 1.807) is 0 Å². The lowest BCUT2D eigenvalue weighted by Gasteiger charge is -2.06. The highest BCUT2D eigenvalue weighted by Crippen LogP contribution is 2.19. The van der Waals surface area contributed by atoms with E-state index >= 15 is 0 Å². The van der Waals surface area contributed by atoms with Crippen molar-refractivity contribution in [3.05, 3.63) is 48.0 Å². The molecule has 0 bridgehead atoms. The van der Waals surface area contributed by atoms with E-state index in [1.807, 2.05) is 18.2 Å². The van der Waals surface area contributed by atoms with Crippen molar-refractivity contribution >= 4 is 5.82 Å². The molecule has 2 rings (SSSR count). The van der Waals surface area contributed by atoms with Gasteiger partial charge >= 0.3 is 0 Å². The summed E-state index contributed by atoms with van der Waals surface area (Å²) in [6, 6.07) is 14.7. The number of hydrogen-bond donors (Lipinski definition) is 1. The van der Waals surface area contributed by atoms with E-state index in [4.69, 9.17) is 0 Å². The second-order valence-electron chi connectivity index (χ2n) is 3.99. The van der Waals surface area contributed by atoms with E-state index in [1.165, 1.54) is 11.1 Å². The highest BCUT2D eigenvalue weighted by molar-refractivity contribution is 5.61. The van der Waals surface area contributed by atoms with Gasteiger partial charge in [-0.2, -0.15) is 0 Å². The van der Waals surface area contributed by atoms with E-state index < -0.39 is 0 Å². The molecule has 1 aromatic carbocycles. The van der Waals surface area contributed by atoms with Crippen molar-refractivity contribution in [3.8, 4) is 11.3 Å². The van der Waals surface area contributed by atoms with Crippen LogP contribution in [0.5, 0.6) is 0 Å². The Bertz CT molecular complexity index is 475. The maximum atomic E-state index is 4.58. The normalized spacial score (nSPS) is 10.2. The highest BCUT2D eigenvalue weighted by atomic mass is 15.0. The fourth-order valence-electron chi connectivity index (χ4n) is 1.79. The van der Waals surface area contributed by atoms with Crippen molar-refractivity contribution in [1.29, 1.82) is 0 Å². The maximum absolute atomic E-state index is 4.58. The van der Waals surface area contributed by atoms with Crippen LogP contribution < -0.4 is 5.32 Å². The Hall–Kier alpha value is -1.83. The molecular weight excluding hydrogens is 208 g/mol. The predicted octanol–water partition coefficient (Wildman–Crippen LogP) is 3.74. The minimum atomic E-state index is 0.894. The zero-order valence-electron chi connectivity index (χ0n) is 10.4. The zero-order chi connectivity index (χ0) is 12.1. The van der Waals surface area contributed by atoms with Gasteiger partial charge in [0, 0.05) is 12.1 Å². The van der Waals surface area contributed by atoms with E-state index in [-0.39, 0.29) is 0 Å². The highest BCUT2D eigenvalue weighted by Gasteiger charge is 2.00. The fraction of sp³-hybridized carbons (Fsp3) is 0.267. The number of benzene rings is 1. The van der Waals surface area contributed by atoms with Crippen LogP contribution in [0.2, 0.25) is 0 Å². The molecule has 0 spiro atoms. The van der Waals surface area contributed by atoms with Crippen LogP contribution in [0.25, 0.3) is 11.3 Å². The molecule has 1 heterocycles. The van der Waals surface area contributed by atoms with Gasteiger partial charge in [0.2, 0.25) is 0 Å². The summed E-state index contributed by atoms with van der Waals surface area (Å²) in [6.45, 7) is 5.13. The minimum absolute atomic E-state index is 0.894. The van der Waals surface area contributed by atoms with Gasteiger partial charge in [-0.1, -0.05) is 37.3 Å². The number of anilines is 1. The summed E-state index contributed by atoms with van der Waals surface area (Å²) in [5.74, 6) is 0.935. The number of aryl methyl sites for hydroxylation is 1. The van der Waals surface area contributed by atoms with Crippen LogP contribution in [-0.2, 0) is 6.42 Å². The van der Waals surface area contributed by atoms with Crippen LogP contribution in [-0.4, -0.2) is 11.5 Å². The van der Waals surface area contributed by atoms with Crippen molar-refractivity contribution in [2.24, 2.45) is 0 Å². The Balaban J connectivity index is 2.28. The molecule has 2 nitrogen and oxygen atoms in total. The number of pyridine rings is 1. The second kappa shape index (κ2) is 5.48. The second-order valence-corrected chi connectivity index (χ2v) is 3.99. The van der Waals surface area contributed by atoms with Gasteiger partial charge in [0.05, 0.1) is 5.69 Å². The third kappa shape index (κ3) is 2.84. The summed E-state index contributed by atoms with van der Waals surface area (Å²) >= 11 is 0. The average Bonchev–Trinajstić information content (AvgIpc) is 2.40. The quantitative estimate of drug-likeness (QED) is 0.859. The summed E-state index contributed by atoms with van der Waals surface area (Å²) in [4.78, 5) is 4.58. The van der Waals surface area contributed by atoms with Crippen LogP contribution in [0, 0.1) is 0 Å². The van der Waals surface area contributed by atoms with Crippen molar-refractivity contribution in [2.45, 2.75) is 20.3 Å². The largest absolute Gasteiger partial charge is 0.370 e. The summed E-state index contributed by atoms with van der Waals surface area (Å²) in [5.41, 5.74) is 3.55. The molecule has 0 fully saturated rings. The number of nitrogens with zero attached hydrogens (tertiary/aromatic N) is 1. The molecule has 1 aromatic heterocycles. The Kier molecular flexibility index (Phi) is 3.76. The van der Waals surface area contributed by atoms with E-state index in [9.17, 15) is 0 Å². The Morgan fingerprint density at radius 1 is 1.00 bits per heavy atom. The molecule has 0 aliphatic carbocycles. The molecule has 0 unspecified atom stereocenters. The topological polar surface area (TPSA) is 24.9 Å². The van der Waals surface area contributed by atoms with Gasteiger partial charge in [-0.25, -0.2) is 4.98 Å². The summed E-state index contributed by atoms with van der Waals surface area (Å²) in [6.07, 6.45) is 1.07. The van der Waals surface area contributed by atoms with Gasteiger partial charge in [0.15, 0.2) is 0 Å². The van der Waals surface area contributed by atoms with Gasteiger partial charge in [-0.15, -0.1) is 0 Å². The standard InChI is InChI=1S/C15H18N2/c1-3-12-8-10-13(11-9-12)14-6-5-7-15(17-14)16-4-2/h5-11H,3-4H2,1-2H3,(H,16,17). The molecule has 0 aliphatic heterocycles. The third-order valence-corrected chi connectivity index (χ3v) is 2.76. The Morgan fingerprint density at radius 3 is 2.41 bits per heavy atom. The average molecular weight is 226 g/mol. The minimum Gasteiger partial charge on any atom is -0.370 e. The predicted molar refractivity (Wildman–Crippen MR) is 73.2 cm³/mol. The van der Waals surface area contributed by atoms with Crippen LogP contribution in [0.3, 0.4) is 0 Å². The molecule has 0 amide bonds. The lowest BCUT2D eigenvalue weighted by Crippen LogP contribution is -1.99. The Morgan fingerprint density at radius 2 is 1.76 bits per heavy atom. The lowest BCUT2D eigenvalue weighted by molar-refractivity contribution is 1.14. The molecule has 1 N–H and O–H groups in total. The third-order valence-electron chi connectivity index (χ3n) is 2.76. The van der Waals surface area contributed by atoms with Crippen LogP contribution in [0.4, 0.5) is 5.82 Å². The van der Waals surface area contributed by atoms with Crippen LogP contribution in [0.1, 0.15) is 19.4 Å². The molecule has 0 saturated heterocycles. The van der Waals surface area contributed by atoms with E-state index in [0.29, 0.717) is 0 Å². The lowest BCUT2D eigenvalue weighted by atomic mass is 10.1. The Labute approximate surface area is 103 Å². The van der Waals surface area contributed by atoms with Crippen LogP contribution >= 0.6 is 0 Å². The molecule has 0 atom stereocenters. The first kappa shape index (κ1) is 11.6.